The van der Waals surface area contributed by atoms with E-state index in [4.69, 9.17) is 0 Å². The summed E-state index contributed by atoms with van der Waals surface area (Å²) in [5, 5.41) is 0.692. The van der Waals surface area contributed by atoms with Crippen LogP contribution >= 0.6 is 0 Å². The van der Waals surface area contributed by atoms with Crippen molar-refractivity contribution in [3.05, 3.63) is 0 Å². The van der Waals surface area contributed by atoms with Crippen LogP contribution in [-0.2, 0) is 0 Å². The average Bonchev–Trinajstić information content (AvgIpc) is 2.09. The number of hydrogen-bond donors (Lipinski definition) is 0. The summed E-state index contributed by atoms with van der Waals surface area (Å²) in [6.07, 6.45) is 0. The lowest BCUT2D eigenvalue weighted by Crippen LogP contribution is -2.59. The molecule has 0 N–H and O–H groups in total. The van der Waals surface area contributed by atoms with Crippen LogP contribution < -0.4 is 0 Å². The first-order chi connectivity index (χ1) is 6.43. The SMILES string of the molecule is BC1N(C(C)(C)C)C(B)(B)C(B)C1(B)B. The lowest BCUT2D eigenvalue weighted by molar-refractivity contribution is 0.121. The maximum Gasteiger partial charge on any atom is 0.122 e. The Morgan fingerprint density at radius 2 is 1.40 bits per heavy atom. The third-order valence-corrected chi connectivity index (χ3v) is 4.98. The number of likely N-dealkylation sites (tertiary alicyclic amines) is 1. The van der Waals surface area contributed by atoms with Crippen LogP contribution in [0.3, 0.4) is 0 Å². The van der Waals surface area contributed by atoms with E-state index in [9.17, 15) is 0 Å². The van der Waals surface area contributed by atoms with Gasteiger partial charge in [0.2, 0.25) is 0 Å². The Bertz CT molecular complexity index is 258. The first-order valence-corrected chi connectivity index (χ1v) is 6.23. The molecule has 1 rings (SSSR count). The minimum absolute atomic E-state index is 0.255. The molecule has 1 saturated heterocycles. The molecule has 7 heteroatoms. The monoisotopic (exact) mass is 199 g/mol. The van der Waals surface area contributed by atoms with Crippen LogP contribution in [0.25, 0.3) is 0 Å². The summed E-state index contributed by atoms with van der Waals surface area (Å²) in [6.45, 7) is 7.00. The van der Waals surface area contributed by atoms with Crippen molar-refractivity contribution in [2.75, 3.05) is 0 Å². The van der Waals surface area contributed by atoms with Crippen molar-refractivity contribution in [1.82, 2.24) is 4.90 Å². The molecule has 0 aliphatic carbocycles. The Labute approximate surface area is 101 Å². The third kappa shape index (κ3) is 1.85. The summed E-state index contributed by atoms with van der Waals surface area (Å²) in [6, 6.07) is 0. The fourth-order valence-electron chi connectivity index (χ4n) is 3.76. The van der Waals surface area contributed by atoms with E-state index in [0.29, 0.717) is 16.5 Å². The summed E-state index contributed by atoms with van der Waals surface area (Å²) in [7, 11) is 14.4. The van der Waals surface area contributed by atoms with Crippen LogP contribution in [0, 0.1) is 0 Å². The fourth-order valence-corrected chi connectivity index (χ4v) is 3.76. The van der Waals surface area contributed by atoms with Gasteiger partial charge in [0.25, 0.3) is 0 Å². The Morgan fingerprint density at radius 3 is 1.53 bits per heavy atom. The molecular formula is C8H23B6N. The van der Waals surface area contributed by atoms with Crippen LogP contribution in [0.5, 0.6) is 0 Å². The van der Waals surface area contributed by atoms with E-state index in [2.05, 4.69) is 72.7 Å². The summed E-state index contributed by atoms with van der Waals surface area (Å²) in [5.74, 6) is 1.36. The summed E-state index contributed by atoms with van der Waals surface area (Å²) >= 11 is 0. The molecule has 2 atom stereocenters. The molecule has 0 radical (unpaired) electrons. The van der Waals surface area contributed by atoms with E-state index in [0.717, 1.165) is 5.82 Å². The first-order valence-electron chi connectivity index (χ1n) is 6.23. The van der Waals surface area contributed by atoms with Crippen molar-refractivity contribution in [2.24, 2.45) is 0 Å². The highest BCUT2D eigenvalue weighted by atomic mass is 15.3. The van der Waals surface area contributed by atoms with E-state index in [-0.39, 0.29) is 5.54 Å². The highest BCUT2D eigenvalue weighted by molar-refractivity contribution is 6.54. The molecule has 1 nitrogen and oxygen atoms in total. The van der Waals surface area contributed by atoms with Gasteiger partial charge in [0.05, 0.1) is 15.7 Å². The van der Waals surface area contributed by atoms with E-state index < -0.39 is 0 Å². The Balaban J connectivity index is 3.20. The van der Waals surface area contributed by atoms with Crippen LogP contribution in [0.1, 0.15) is 20.8 Å². The summed E-state index contributed by atoms with van der Waals surface area (Å²) in [4.78, 5) is 2.70. The highest BCUT2D eigenvalue weighted by Crippen LogP contribution is 2.53. The molecule has 0 spiro atoms. The van der Waals surface area contributed by atoms with Gasteiger partial charge in [-0.1, -0.05) is 11.0 Å². The molecule has 15 heavy (non-hydrogen) atoms. The standard InChI is InChI=1S/C8H23B6N/c1-6(2,3)15-5(10)7(11,12)4(9)8(15,13)14/h4-5H,9-14H2,1-3H3. The van der Waals surface area contributed by atoms with E-state index in [1.807, 2.05) is 0 Å². The van der Waals surface area contributed by atoms with Crippen LogP contribution in [-0.4, -0.2) is 68.8 Å². The molecule has 0 aromatic heterocycles. The smallest absolute Gasteiger partial charge is 0.122 e. The van der Waals surface area contributed by atoms with Crippen LogP contribution in [0.15, 0.2) is 0 Å². The zero-order chi connectivity index (χ0) is 12.2. The van der Waals surface area contributed by atoms with Crippen molar-refractivity contribution in [3.63, 3.8) is 0 Å². The van der Waals surface area contributed by atoms with Gasteiger partial charge >= 0.3 is 0 Å². The lowest BCUT2D eigenvalue weighted by Gasteiger charge is -2.47. The first kappa shape index (κ1) is 13.4. The molecule has 78 valence electrons. The van der Waals surface area contributed by atoms with E-state index in [1.165, 1.54) is 0 Å². The zero-order valence-corrected chi connectivity index (χ0v) is 12.1. The van der Waals surface area contributed by atoms with Gasteiger partial charge in [0.15, 0.2) is 0 Å². The fraction of sp³-hybridized carbons (Fsp3) is 1.00. The topological polar surface area (TPSA) is 3.24 Å². The molecular weight excluding hydrogens is 175 g/mol. The number of rotatable bonds is 0. The molecule has 0 saturated carbocycles. The van der Waals surface area contributed by atoms with Gasteiger partial charge in [-0.05, 0) is 32.1 Å². The quantitative estimate of drug-likeness (QED) is 0.357. The van der Waals surface area contributed by atoms with Gasteiger partial charge in [0, 0.05) is 5.54 Å². The van der Waals surface area contributed by atoms with Gasteiger partial charge in [0.1, 0.15) is 31.4 Å². The maximum absolute atomic E-state index is 2.70. The number of nitrogens with zero attached hydrogens (tertiary/aromatic N) is 1. The van der Waals surface area contributed by atoms with Crippen molar-refractivity contribution in [1.29, 1.82) is 0 Å². The number of hydrogen-bond acceptors (Lipinski definition) is 1. The van der Waals surface area contributed by atoms with Gasteiger partial charge in [-0.3, -0.25) is 0 Å². The van der Waals surface area contributed by atoms with Gasteiger partial charge in [-0.25, -0.2) is 0 Å². The van der Waals surface area contributed by atoms with E-state index in [1.54, 1.807) is 0 Å². The maximum atomic E-state index is 2.70. The Kier molecular flexibility index (Phi) is 3.06. The molecule has 0 aromatic carbocycles. The average molecular weight is 198 g/mol. The van der Waals surface area contributed by atoms with Gasteiger partial charge in [-0.15, -0.1) is 0 Å². The highest BCUT2D eigenvalue weighted by Gasteiger charge is 2.55. The zero-order valence-electron chi connectivity index (χ0n) is 12.1. The molecule has 2 unspecified atom stereocenters. The molecule has 1 fully saturated rings. The van der Waals surface area contributed by atoms with Crippen molar-refractivity contribution in [3.8, 4) is 0 Å². The summed E-state index contributed by atoms with van der Waals surface area (Å²) in [5.41, 5.74) is 0.255. The van der Waals surface area contributed by atoms with E-state index >= 15 is 0 Å². The van der Waals surface area contributed by atoms with Gasteiger partial charge < -0.3 is 4.90 Å². The summed E-state index contributed by atoms with van der Waals surface area (Å²) < 4.78 is 0. The Hall–Kier alpha value is 0.350. The van der Waals surface area contributed by atoms with Crippen molar-refractivity contribution in [2.45, 2.75) is 48.6 Å². The molecule has 0 bridgehead atoms. The molecule has 1 aliphatic rings. The van der Waals surface area contributed by atoms with Crippen LogP contribution in [0.4, 0.5) is 0 Å². The van der Waals surface area contributed by atoms with Crippen molar-refractivity contribution < 1.29 is 0 Å². The normalized spacial score (nSPS) is 35.4. The molecule has 1 heterocycles. The largest absolute Gasteiger partial charge is 0.315 e. The predicted molar refractivity (Wildman–Crippen MR) is 85.8 cm³/mol. The van der Waals surface area contributed by atoms with Crippen LogP contribution in [0.2, 0.25) is 11.0 Å². The Morgan fingerprint density at radius 1 is 1.00 bits per heavy atom. The second-order valence-electron chi connectivity index (χ2n) is 7.41. The van der Waals surface area contributed by atoms with Gasteiger partial charge in [-0.2, -0.15) is 0 Å². The third-order valence-electron chi connectivity index (χ3n) is 4.98. The minimum Gasteiger partial charge on any atom is -0.315 e. The molecule has 0 amide bonds. The molecule has 0 aromatic rings. The predicted octanol–water partition coefficient (Wildman–Crippen LogP) is -4.22. The molecule has 1 aliphatic heterocycles. The van der Waals surface area contributed by atoms with Crippen molar-refractivity contribution >= 4 is 47.1 Å². The second-order valence-corrected chi connectivity index (χ2v) is 7.41. The minimum atomic E-state index is 0.255. The lowest BCUT2D eigenvalue weighted by atomic mass is 9.34. The second kappa shape index (κ2) is 3.42.